The molecule has 2 rings (SSSR count). The number of unbranched alkanes of at least 4 members (excludes halogenated alkanes) is 1. The standard InChI is InChI=1S/C16H27N3O/c1-19-9-4-5-14-11-13(6-7-16(14)19)15(12-17)18-8-2-3-10-20/h6-7,11,15,18,20H,2-5,8-10,12,17H2,1H3. The van der Waals surface area contributed by atoms with Crippen LogP contribution in [-0.4, -0.2) is 38.4 Å². The smallest absolute Gasteiger partial charge is 0.0444 e. The SMILES string of the molecule is CN1CCCc2cc(C(CN)NCCCCO)ccc21. The highest BCUT2D eigenvalue weighted by molar-refractivity contribution is 5.56. The predicted molar refractivity (Wildman–Crippen MR) is 84.2 cm³/mol. The van der Waals surface area contributed by atoms with Crippen molar-refractivity contribution in [3.05, 3.63) is 29.3 Å². The molecule has 4 N–H and O–H groups in total. The summed E-state index contributed by atoms with van der Waals surface area (Å²) in [7, 11) is 2.16. The maximum absolute atomic E-state index is 8.81. The van der Waals surface area contributed by atoms with Crippen LogP contribution in [0.1, 0.15) is 36.4 Å². The van der Waals surface area contributed by atoms with Gasteiger partial charge in [-0.05, 0) is 49.4 Å². The highest BCUT2D eigenvalue weighted by atomic mass is 16.2. The molecule has 0 radical (unpaired) electrons. The first-order valence-corrected chi connectivity index (χ1v) is 7.64. The number of anilines is 1. The van der Waals surface area contributed by atoms with E-state index in [2.05, 4.69) is 35.5 Å². The Morgan fingerprint density at radius 3 is 3.00 bits per heavy atom. The Bertz CT molecular complexity index is 422. The highest BCUT2D eigenvalue weighted by Gasteiger charge is 2.16. The van der Waals surface area contributed by atoms with Gasteiger partial charge < -0.3 is 21.1 Å². The molecule has 4 nitrogen and oxygen atoms in total. The van der Waals surface area contributed by atoms with Gasteiger partial charge in [-0.25, -0.2) is 0 Å². The molecule has 0 amide bonds. The number of benzene rings is 1. The third-order valence-electron chi connectivity index (χ3n) is 4.07. The van der Waals surface area contributed by atoms with Crippen molar-refractivity contribution in [1.82, 2.24) is 5.32 Å². The van der Waals surface area contributed by atoms with E-state index in [1.54, 1.807) is 0 Å². The zero-order valence-corrected chi connectivity index (χ0v) is 12.4. The number of aliphatic hydroxyl groups excluding tert-OH is 1. The van der Waals surface area contributed by atoms with E-state index in [0.29, 0.717) is 6.54 Å². The summed E-state index contributed by atoms with van der Waals surface area (Å²) in [6.45, 7) is 2.92. The molecule has 20 heavy (non-hydrogen) atoms. The van der Waals surface area contributed by atoms with Gasteiger partial charge in [0.1, 0.15) is 0 Å². The number of aryl methyl sites for hydroxylation is 1. The van der Waals surface area contributed by atoms with Gasteiger partial charge in [-0.1, -0.05) is 12.1 Å². The lowest BCUT2D eigenvalue weighted by atomic mass is 9.96. The zero-order chi connectivity index (χ0) is 14.4. The van der Waals surface area contributed by atoms with Crippen molar-refractivity contribution in [2.45, 2.75) is 31.7 Å². The van der Waals surface area contributed by atoms with Crippen molar-refractivity contribution in [2.75, 3.05) is 38.2 Å². The number of hydrogen-bond donors (Lipinski definition) is 3. The fourth-order valence-electron chi connectivity index (χ4n) is 2.87. The number of rotatable bonds is 7. The monoisotopic (exact) mass is 277 g/mol. The van der Waals surface area contributed by atoms with Gasteiger partial charge in [0.2, 0.25) is 0 Å². The minimum atomic E-state index is 0.214. The number of fused-ring (bicyclic) bond motifs is 1. The molecule has 0 bridgehead atoms. The van der Waals surface area contributed by atoms with Crippen molar-refractivity contribution in [3.63, 3.8) is 0 Å². The number of hydrogen-bond acceptors (Lipinski definition) is 4. The molecule has 0 spiro atoms. The highest BCUT2D eigenvalue weighted by Crippen LogP contribution is 2.28. The topological polar surface area (TPSA) is 61.5 Å². The summed E-state index contributed by atoms with van der Waals surface area (Å²) >= 11 is 0. The molecule has 1 aromatic rings. The Balaban J connectivity index is 2.02. The van der Waals surface area contributed by atoms with Crippen LogP contribution in [0.25, 0.3) is 0 Å². The summed E-state index contributed by atoms with van der Waals surface area (Å²) in [5.41, 5.74) is 9.98. The first kappa shape index (κ1) is 15.3. The van der Waals surface area contributed by atoms with E-state index in [9.17, 15) is 0 Å². The van der Waals surface area contributed by atoms with Gasteiger partial charge in [0.25, 0.3) is 0 Å². The number of nitrogens with two attached hydrogens (primary N) is 1. The largest absolute Gasteiger partial charge is 0.396 e. The van der Waals surface area contributed by atoms with Crippen LogP contribution < -0.4 is 16.0 Å². The van der Waals surface area contributed by atoms with E-state index in [1.807, 2.05) is 0 Å². The molecular formula is C16H27N3O. The van der Waals surface area contributed by atoms with Crippen LogP contribution in [0.4, 0.5) is 5.69 Å². The molecule has 112 valence electrons. The van der Waals surface area contributed by atoms with Gasteiger partial charge in [0.15, 0.2) is 0 Å². The average molecular weight is 277 g/mol. The van der Waals surface area contributed by atoms with E-state index in [4.69, 9.17) is 10.8 Å². The van der Waals surface area contributed by atoms with Gasteiger partial charge in [-0.3, -0.25) is 0 Å². The molecule has 0 aromatic heterocycles. The Kier molecular flexibility index (Phi) is 5.83. The fourth-order valence-corrected chi connectivity index (χ4v) is 2.87. The molecule has 1 unspecified atom stereocenters. The van der Waals surface area contributed by atoms with E-state index in [1.165, 1.54) is 23.2 Å². The molecule has 1 aliphatic heterocycles. The second kappa shape index (κ2) is 7.62. The van der Waals surface area contributed by atoms with Crippen molar-refractivity contribution in [2.24, 2.45) is 5.73 Å². The molecule has 1 aliphatic rings. The molecule has 0 aliphatic carbocycles. The van der Waals surface area contributed by atoms with E-state index in [-0.39, 0.29) is 12.6 Å². The summed E-state index contributed by atoms with van der Waals surface area (Å²) in [4.78, 5) is 2.33. The summed E-state index contributed by atoms with van der Waals surface area (Å²) < 4.78 is 0. The van der Waals surface area contributed by atoms with Crippen LogP contribution in [0.2, 0.25) is 0 Å². The molecule has 1 heterocycles. The Morgan fingerprint density at radius 2 is 2.25 bits per heavy atom. The maximum atomic E-state index is 8.81. The predicted octanol–water partition coefficient (Wildman–Crippen LogP) is 1.43. The maximum Gasteiger partial charge on any atom is 0.0444 e. The number of nitrogens with one attached hydrogen (secondary N) is 1. The summed E-state index contributed by atoms with van der Waals surface area (Å²) in [6, 6.07) is 6.94. The minimum Gasteiger partial charge on any atom is -0.396 e. The third kappa shape index (κ3) is 3.72. The quantitative estimate of drug-likeness (QED) is 0.660. The lowest BCUT2D eigenvalue weighted by Crippen LogP contribution is -2.30. The first-order chi connectivity index (χ1) is 9.76. The molecule has 0 saturated heterocycles. The van der Waals surface area contributed by atoms with E-state index in [0.717, 1.165) is 32.4 Å². The van der Waals surface area contributed by atoms with E-state index >= 15 is 0 Å². The third-order valence-corrected chi connectivity index (χ3v) is 4.07. The molecule has 0 saturated carbocycles. The second-order valence-corrected chi connectivity index (χ2v) is 5.59. The summed E-state index contributed by atoms with van der Waals surface area (Å²) in [5, 5.41) is 12.3. The van der Waals surface area contributed by atoms with Crippen LogP contribution >= 0.6 is 0 Å². The molecule has 4 heteroatoms. The van der Waals surface area contributed by atoms with Gasteiger partial charge in [-0.15, -0.1) is 0 Å². The van der Waals surface area contributed by atoms with Crippen LogP contribution in [0.15, 0.2) is 18.2 Å². The second-order valence-electron chi connectivity index (χ2n) is 5.59. The Hall–Kier alpha value is -1.10. The van der Waals surface area contributed by atoms with Crippen molar-refractivity contribution >= 4 is 5.69 Å². The van der Waals surface area contributed by atoms with Gasteiger partial charge in [0, 0.05) is 38.5 Å². The van der Waals surface area contributed by atoms with Crippen molar-refractivity contribution in [1.29, 1.82) is 0 Å². The molecular weight excluding hydrogens is 250 g/mol. The van der Waals surface area contributed by atoms with Gasteiger partial charge >= 0.3 is 0 Å². The Morgan fingerprint density at radius 1 is 1.40 bits per heavy atom. The zero-order valence-electron chi connectivity index (χ0n) is 12.4. The molecule has 1 aromatic carbocycles. The van der Waals surface area contributed by atoms with Crippen molar-refractivity contribution in [3.8, 4) is 0 Å². The number of aliphatic hydroxyl groups is 1. The lowest BCUT2D eigenvalue weighted by molar-refractivity contribution is 0.282. The van der Waals surface area contributed by atoms with Gasteiger partial charge in [-0.2, -0.15) is 0 Å². The van der Waals surface area contributed by atoms with Crippen LogP contribution in [0, 0.1) is 0 Å². The van der Waals surface area contributed by atoms with Crippen LogP contribution in [0.5, 0.6) is 0 Å². The Labute approximate surface area is 122 Å². The van der Waals surface area contributed by atoms with Crippen LogP contribution in [-0.2, 0) is 6.42 Å². The fraction of sp³-hybridized carbons (Fsp3) is 0.625. The van der Waals surface area contributed by atoms with Crippen LogP contribution in [0.3, 0.4) is 0 Å². The normalized spacial score (nSPS) is 16.1. The summed E-state index contributed by atoms with van der Waals surface area (Å²) in [5.74, 6) is 0. The average Bonchev–Trinajstić information content (AvgIpc) is 2.47. The molecule has 0 fully saturated rings. The van der Waals surface area contributed by atoms with Crippen molar-refractivity contribution < 1.29 is 5.11 Å². The minimum absolute atomic E-state index is 0.214. The summed E-state index contributed by atoms with van der Waals surface area (Å²) in [6.07, 6.45) is 4.22. The first-order valence-electron chi connectivity index (χ1n) is 7.64. The molecule has 1 atom stereocenters. The van der Waals surface area contributed by atoms with Gasteiger partial charge in [0.05, 0.1) is 0 Å². The number of nitrogens with zero attached hydrogens (tertiary/aromatic N) is 1. The lowest BCUT2D eigenvalue weighted by Gasteiger charge is -2.29. The van der Waals surface area contributed by atoms with E-state index < -0.39 is 0 Å².